The van der Waals surface area contributed by atoms with Crippen LogP contribution in [-0.4, -0.2) is 29.5 Å². The van der Waals surface area contributed by atoms with Crippen LogP contribution in [0.15, 0.2) is 18.2 Å². The number of nitrogens with one attached hydrogen (secondary N) is 1. The van der Waals surface area contributed by atoms with Crippen LogP contribution in [0.3, 0.4) is 0 Å². The second kappa shape index (κ2) is 4.44. The molecule has 1 spiro atoms. The third-order valence-electron chi connectivity index (χ3n) is 5.04. The minimum Gasteiger partial charge on any atom is -0.494 e. The van der Waals surface area contributed by atoms with E-state index < -0.39 is 0 Å². The zero-order valence-corrected chi connectivity index (χ0v) is 12.1. The van der Waals surface area contributed by atoms with Gasteiger partial charge in [-0.1, -0.05) is 6.07 Å². The molecule has 1 N–H and O–H groups in total. The largest absolute Gasteiger partial charge is 0.494 e. The lowest BCUT2D eigenvalue weighted by Crippen LogP contribution is -2.44. The van der Waals surface area contributed by atoms with Gasteiger partial charge in [0, 0.05) is 6.04 Å². The minimum absolute atomic E-state index is 0.202. The lowest BCUT2D eigenvalue weighted by atomic mass is 9.90. The first-order valence-electron chi connectivity index (χ1n) is 7.58. The van der Waals surface area contributed by atoms with Crippen molar-refractivity contribution in [3.63, 3.8) is 0 Å². The zero-order valence-electron chi connectivity index (χ0n) is 12.1. The summed E-state index contributed by atoms with van der Waals surface area (Å²) >= 11 is 0. The van der Waals surface area contributed by atoms with E-state index in [1.807, 2.05) is 11.0 Å². The van der Waals surface area contributed by atoms with Gasteiger partial charge in [0.1, 0.15) is 11.7 Å². The molecule has 0 aromatic heterocycles. The summed E-state index contributed by atoms with van der Waals surface area (Å²) in [6, 6.07) is 5.27. The van der Waals surface area contributed by atoms with Crippen LogP contribution in [0.25, 0.3) is 0 Å². The van der Waals surface area contributed by atoms with E-state index in [4.69, 9.17) is 4.74 Å². The van der Waals surface area contributed by atoms with Crippen LogP contribution in [0, 0.1) is 5.82 Å². The van der Waals surface area contributed by atoms with Gasteiger partial charge in [0.05, 0.1) is 7.11 Å². The predicted molar refractivity (Wildman–Crippen MR) is 75.3 cm³/mol. The molecule has 1 saturated heterocycles. The van der Waals surface area contributed by atoms with E-state index in [-0.39, 0.29) is 29.2 Å². The van der Waals surface area contributed by atoms with E-state index in [1.54, 1.807) is 6.07 Å². The molecule has 2 saturated carbocycles. The van der Waals surface area contributed by atoms with Gasteiger partial charge in [-0.15, -0.1) is 0 Å². The van der Waals surface area contributed by atoms with E-state index in [9.17, 15) is 9.18 Å². The number of carbonyl (C=O) groups excluding carboxylic acids is 1. The molecular weight excluding hydrogens is 271 g/mol. The van der Waals surface area contributed by atoms with Crippen molar-refractivity contribution in [3.05, 3.63) is 29.6 Å². The maximum atomic E-state index is 14.0. The Bertz CT molecular complexity index is 596. The molecule has 1 aliphatic heterocycles. The molecule has 1 aromatic rings. The van der Waals surface area contributed by atoms with Crippen molar-refractivity contribution < 1.29 is 13.9 Å². The fraction of sp³-hybridized carbons (Fsp3) is 0.562. The molecular formula is C16H19FN2O2. The molecule has 2 aliphatic carbocycles. The lowest BCUT2D eigenvalue weighted by Gasteiger charge is -2.38. The number of ether oxygens (including phenoxy) is 1. The van der Waals surface area contributed by atoms with Crippen LogP contribution in [0.2, 0.25) is 0 Å². The number of rotatable bonds is 3. The fourth-order valence-corrected chi connectivity index (χ4v) is 3.38. The van der Waals surface area contributed by atoms with Crippen molar-refractivity contribution in [2.75, 3.05) is 7.11 Å². The molecule has 0 bridgehead atoms. The maximum Gasteiger partial charge on any atom is 0.244 e. The molecule has 21 heavy (non-hydrogen) atoms. The minimum atomic E-state index is -0.380. The number of hydrogen-bond acceptors (Lipinski definition) is 3. The quantitative estimate of drug-likeness (QED) is 0.929. The fourth-order valence-electron chi connectivity index (χ4n) is 3.38. The number of benzene rings is 1. The zero-order chi connectivity index (χ0) is 14.6. The molecule has 1 atom stereocenters. The molecule has 1 unspecified atom stereocenters. The molecule has 3 aliphatic rings. The standard InChI is InChI=1S/C16H19FN2O2/c1-21-13-6-5-10(9-12(13)17)14-18-16(7-8-16)15(20)19(14)11-3-2-4-11/h5-6,9,11,14,18H,2-4,7-8H2,1H3. The van der Waals surface area contributed by atoms with Crippen LogP contribution in [0.5, 0.6) is 5.75 Å². The van der Waals surface area contributed by atoms with Crippen molar-refractivity contribution in [3.8, 4) is 5.75 Å². The third kappa shape index (κ3) is 1.87. The summed E-state index contributed by atoms with van der Waals surface area (Å²) in [7, 11) is 1.45. The van der Waals surface area contributed by atoms with Gasteiger partial charge in [-0.25, -0.2) is 4.39 Å². The highest BCUT2D eigenvalue weighted by Crippen LogP contribution is 2.48. The summed E-state index contributed by atoms with van der Waals surface area (Å²) in [6.07, 6.45) is 4.86. The highest BCUT2D eigenvalue weighted by atomic mass is 19.1. The summed E-state index contributed by atoms with van der Waals surface area (Å²) < 4.78 is 18.9. The smallest absolute Gasteiger partial charge is 0.244 e. The Morgan fingerprint density at radius 3 is 2.67 bits per heavy atom. The van der Waals surface area contributed by atoms with E-state index in [0.717, 1.165) is 31.2 Å². The highest BCUT2D eigenvalue weighted by molar-refractivity contribution is 5.92. The van der Waals surface area contributed by atoms with Crippen molar-refractivity contribution in [2.45, 2.75) is 49.9 Å². The molecule has 1 amide bonds. The number of carbonyl (C=O) groups is 1. The molecule has 1 heterocycles. The third-order valence-corrected chi connectivity index (χ3v) is 5.04. The van der Waals surface area contributed by atoms with Crippen molar-refractivity contribution >= 4 is 5.91 Å². The molecule has 3 fully saturated rings. The monoisotopic (exact) mass is 290 g/mol. The van der Waals surface area contributed by atoms with Gasteiger partial charge in [-0.2, -0.15) is 0 Å². The Labute approximate surface area is 123 Å². The molecule has 1 aromatic carbocycles. The second-order valence-corrected chi connectivity index (χ2v) is 6.32. The van der Waals surface area contributed by atoms with E-state index in [1.165, 1.54) is 19.6 Å². The number of amides is 1. The van der Waals surface area contributed by atoms with Crippen molar-refractivity contribution in [1.29, 1.82) is 0 Å². The molecule has 0 radical (unpaired) electrons. The van der Waals surface area contributed by atoms with E-state index in [0.29, 0.717) is 6.04 Å². The van der Waals surface area contributed by atoms with Crippen LogP contribution >= 0.6 is 0 Å². The van der Waals surface area contributed by atoms with Gasteiger partial charge >= 0.3 is 0 Å². The Morgan fingerprint density at radius 2 is 2.14 bits per heavy atom. The number of nitrogens with zero attached hydrogens (tertiary/aromatic N) is 1. The number of halogens is 1. The van der Waals surface area contributed by atoms with E-state index in [2.05, 4.69) is 5.32 Å². The molecule has 4 rings (SSSR count). The highest BCUT2D eigenvalue weighted by Gasteiger charge is 2.60. The van der Waals surface area contributed by atoms with Gasteiger partial charge in [0.15, 0.2) is 11.6 Å². The number of hydrogen-bond donors (Lipinski definition) is 1. The summed E-state index contributed by atoms with van der Waals surface area (Å²) in [5.41, 5.74) is 0.439. The summed E-state index contributed by atoms with van der Waals surface area (Å²) in [4.78, 5) is 14.6. The molecule has 4 nitrogen and oxygen atoms in total. The van der Waals surface area contributed by atoms with Gasteiger partial charge in [0.2, 0.25) is 5.91 Å². The predicted octanol–water partition coefficient (Wildman–Crippen LogP) is 2.35. The second-order valence-electron chi connectivity index (χ2n) is 6.32. The molecule has 5 heteroatoms. The summed E-state index contributed by atoms with van der Waals surface area (Å²) in [5, 5.41) is 3.44. The van der Waals surface area contributed by atoms with Crippen molar-refractivity contribution in [2.24, 2.45) is 0 Å². The Kier molecular flexibility index (Phi) is 2.76. The van der Waals surface area contributed by atoms with Gasteiger partial charge in [-0.05, 0) is 49.8 Å². The van der Waals surface area contributed by atoms with Gasteiger partial charge in [0.25, 0.3) is 0 Å². The number of methoxy groups -OCH3 is 1. The first-order valence-corrected chi connectivity index (χ1v) is 7.58. The van der Waals surface area contributed by atoms with Crippen LogP contribution < -0.4 is 10.1 Å². The summed E-state index contributed by atoms with van der Waals surface area (Å²) in [6.45, 7) is 0. The normalized spacial score (nSPS) is 27.0. The average molecular weight is 290 g/mol. The van der Waals surface area contributed by atoms with E-state index >= 15 is 0 Å². The van der Waals surface area contributed by atoms with Gasteiger partial charge < -0.3 is 9.64 Å². The van der Waals surface area contributed by atoms with Crippen LogP contribution in [0.1, 0.15) is 43.8 Å². The first kappa shape index (κ1) is 13.1. The first-order chi connectivity index (χ1) is 10.1. The average Bonchev–Trinajstić information content (AvgIpc) is 3.15. The Balaban J connectivity index is 1.68. The maximum absolute atomic E-state index is 14.0. The molecule has 112 valence electrons. The lowest BCUT2D eigenvalue weighted by molar-refractivity contribution is -0.134. The van der Waals surface area contributed by atoms with Crippen LogP contribution in [0.4, 0.5) is 4.39 Å². The van der Waals surface area contributed by atoms with Gasteiger partial charge in [-0.3, -0.25) is 10.1 Å². The van der Waals surface area contributed by atoms with Crippen molar-refractivity contribution in [1.82, 2.24) is 10.2 Å². The SMILES string of the molecule is COc1ccc(C2NC3(CC3)C(=O)N2C2CCC2)cc1F. The topological polar surface area (TPSA) is 41.6 Å². The Morgan fingerprint density at radius 1 is 1.38 bits per heavy atom. The summed E-state index contributed by atoms with van der Waals surface area (Å²) in [5.74, 6) is 0.0578. The van der Waals surface area contributed by atoms with Crippen LogP contribution in [-0.2, 0) is 4.79 Å². The Hall–Kier alpha value is -1.62.